The molecule has 9 nitrogen and oxygen atoms in total. The Bertz CT molecular complexity index is 1130. The highest BCUT2D eigenvalue weighted by Gasteiger charge is 2.26. The van der Waals surface area contributed by atoms with E-state index >= 15 is 0 Å². The normalized spacial score (nSPS) is 11.0. The number of hydrogen-bond donors (Lipinski definition) is 3. The van der Waals surface area contributed by atoms with Crippen LogP contribution in [0.25, 0.3) is 16.9 Å². The van der Waals surface area contributed by atoms with E-state index in [0.717, 1.165) is 5.56 Å². The van der Waals surface area contributed by atoms with Crippen LogP contribution in [0.2, 0.25) is 0 Å². The summed E-state index contributed by atoms with van der Waals surface area (Å²) in [6, 6.07) is 3.32. The zero-order chi connectivity index (χ0) is 21.5. The van der Waals surface area contributed by atoms with Crippen molar-refractivity contribution in [2.75, 3.05) is 18.8 Å². The average Bonchev–Trinajstić information content (AvgIpc) is 2.97. The SMILES string of the molecule is CCN(CC)C(=O)c1cnc2c(n1)c(C(N)=O)c(N)n2-c1c(C)ccc(O)c1C. The zero-order valence-corrected chi connectivity index (χ0v) is 16.9. The number of carbonyl (C=O) groups is 2. The van der Waals surface area contributed by atoms with E-state index in [-0.39, 0.29) is 39.9 Å². The Hall–Kier alpha value is -3.62. The fraction of sp³-hybridized carbons (Fsp3) is 0.300. The Morgan fingerprint density at radius 3 is 2.45 bits per heavy atom. The second-order valence-electron chi connectivity index (χ2n) is 6.74. The van der Waals surface area contributed by atoms with Gasteiger partial charge in [-0.1, -0.05) is 6.07 Å². The van der Waals surface area contributed by atoms with Crippen LogP contribution in [0, 0.1) is 13.8 Å². The van der Waals surface area contributed by atoms with Crippen molar-refractivity contribution in [1.29, 1.82) is 0 Å². The van der Waals surface area contributed by atoms with E-state index in [0.29, 0.717) is 24.3 Å². The number of benzene rings is 1. The first-order valence-corrected chi connectivity index (χ1v) is 9.28. The van der Waals surface area contributed by atoms with E-state index in [4.69, 9.17) is 11.5 Å². The lowest BCUT2D eigenvalue weighted by Gasteiger charge is -2.18. The highest BCUT2D eigenvalue weighted by molar-refractivity contribution is 6.10. The standard InChI is InChI=1S/C20H24N6O3/c1-5-25(6-2)20(29)12-9-23-19-15(24-12)14(18(22)28)17(21)26(19)16-10(3)7-8-13(27)11(16)4/h7-9,27H,5-6,21H2,1-4H3,(H2,22,28). The minimum Gasteiger partial charge on any atom is -0.508 e. The van der Waals surface area contributed by atoms with Crippen molar-refractivity contribution in [1.82, 2.24) is 19.4 Å². The number of aryl methyl sites for hydroxylation is 1. The molecular formula is C20H24N6O3. The van der Waals surface area contributed by atoms with Crippen LogP contribution in [-0.4, -0.2) is 49.4 Å². The molecule has 0 aliphatic heterocycles. The number of phenolic OH excluding ortho intramolecular Hbond substituents is 1. The van der Waals surface area contributed by atoms with Crippen molar-refractivity contribution in [3.63, 3.8) is 0 Å². The number of nitrogen functional groups attached to an aromatic ring is 1. The second kappa shape index (κ2) is 7.42. The molecule has 1 aromatic carbocycles. The molecule has 5 N–H and O–H groups in total. The molecule has 9 heteroatoms. The molecule has 0 saturated carbocycles. The van der Waals surface area contributed by atoms with Crippen LogP contribution in [0.1, 0.15) is 45.8 Å². The molecule has 3 aromatic rings. The van der Waals surface area contributed by atoms with E-state index in [1.807, 2.05) is 20.8 Å². The number of phenols is 1. The number of rotatable bonds is 5. The lowest BCUT2D eigenvalue weighted by molar-refractivity contribution is 0.0766. The van der Waals surface area contributed by atoms with Gasteiger partial charge in [0, 0.05) is 18.7 Å². The lowest BCUT2D eigenvalue weighted by Crippen LogP contribution is -2.31. The first-order chi connectivity index (χ1) is 13.7. The lowest BCUT2D eigenvalue weighted by atomic mass is 10.1. The Morgan fingerprint density at radius 2 is 1.86 bits per heavy atom. The summed E-state index contributed by atoms with van der Waals surface area (Å²) in [4.78, 5) is 35.2. The van der Waals surface area contributed by atoms with Gasteiger partial charge in [0.15, 0.2) is 5.65 Å². The number of aromatic hydroxyl groups is 1. The van der Waals surface area contributed by atoms with Crippen LogP contribution < -0.4 is 11.5 Å². The van der Waals surface area contributed by atoms with Crippen molar-refractivity contribution >= 4 is 28.8 Å². The van der Waals surface area contributed by atoms with Crippen molar-refractivity contribution < 1.29 is 14.7 Å². The quantitative estimate of drug-likeness (QED) is 0.602. The van der Waals surface area contributed by atoms with Gasteiger partial charge >= 0.3 is 0 Å². The number of hydrogen-bond acceptors (Lipinski definition) is 6. The van der Waals surface area contributed by atoms with Crippen LogP contribution in [0.5, 0.6) is 5.75 Å². The van der Waals surface area contributed by atoms with Gasteiger partial charge in [-0.3, -0.25) is 14.2 Å². The number of nitrogens with two attached hydrogens (primary N) is 2. The molecule has 0 fully saturated rings. The molecule has 0 saturated heterocycles. The molecule has 0 spiro atoms. The summed E-state index contributed by atoms with van der Waals surface area (Å²) in [6.07, 6.45) is 1.36. The third-order valence-electron chi connectivity index (χ3n) is 5.04. The van der Waals surface area contributed by atoms with Gasteiger partial charge in [0.05, 0.1) is 11.9 Å². The van der Waals surface area contributed by atoms with Crippen LogP contribution in [-0.2, 0) is 0 Å². The largest absolute Gasteiger partial charge is 0.508 e. The van der Waals surface area contributed by atoms with E-state index in [2.05, 4.69) is 9.97 Å². The zero-order valence-electron chi connectivity index (χ0n) is 16.9. The molecule has 0 aliphatic rings. The highest BCUT2D eigenvalue weighted by Crippen LogP contribution is 2.34. The van der Waals surface area contributed by atoms with Crippen molar-refractivity contribution in [3.05, 3.63) is 40.7 Å². The molecule has 2 aromatic heterocycles. The summed E-state index contributed by atoms with van der Waals surface area (Å²) in [5.74, 6) is -0.940. The molecule has 2 heterocycles. The Kier molecular flexibility index (Phi) is 5.15. The van der Waals surface area contributed by atoms with Gasteiger partial charge in [-0.25, -0.2) is 9.97 Å². The average molecular weight is 396 g/mol. The van der Waals surface area contributed by atoms with E-state index in [1.165, 1.54) is 6.20 Å². The summed E-state index contributed by atoms with van der Waals surface area (Å²) in [5, 5.41) is 10.2. The summed E-state index contributed by atoms with van der Waals surface area (Å²) in [5.41, 5.74) is 14.3. The number of fused-ring (bicyclic) bond motifs is 1. The minimum absolute atomic E-state index is 0.0103. The minimum atomic E-state index is -0.775. The third kappa shape index (κ3) is 3.14. The Morgan fingerprint density at radius 1 is 1.21 bits per heavy atom. The summed E-state index contributed by atoms with van der Waals surface area (Å²) in [6.45, 7) is 8.35. The van der Waals surface area contributed by atoms with Gasteiger partial charge in [0.25, 0.3) is 11.8 Å². The molecule has 2 amide bonds. The van der Waals surface area contributed by atoms with E-state index in [9.17, 15) is 14.7 Å². The summed E-state index contributed by atoms with van der Waals surface area (Å²) < 4.78 is 1.54. The van der Waals surface area contributed by atoms with Gasteiger partial charge in [-0.2, -0.15) is 0 Å². The molecule has 152 valence electrons. The van der Waals surface area contributed by atoms with Crippen molar-refractivity contribution in [2.45, 2.75) is 27.7 Å². The fourth-order valence-electron chi connectivity index (χ4n) is 3.48. The van der Waals surface area contributed by atoms with E-state index in [1.54, 1.807) is 28.5 Å². The smallest absolute Gasteiger partial charge is 0.274 e. The number of nitrogens with zero attached hydrogens (tertiary/aromatic N) is 4. The van der Waals surface area contributed by atoms with Crippen LogP contribution in [0.15, 0.2) is 18.3 Å². The molecule has 29 heavy (non-hydrogen) atoms. The van der Waals surface area contributed by atoms with Gasteiger partial charge in [0.2, 0.25) is 0 Å². The highest BCUT2D eigenvalue weighted by atomic mass is 16.3. The van der Waals surface area contributed by atoms with Crippen LogP contribution in [0.4, 0.5) is 5.82 Å². The maximum atomic E-state index is 12.7. The number of anilines is 1. The van der Waals surface area contributed by atoms with Gasteiger partial charge in [0.1, 0.15) is 28.3 Å². The molecule has 0 radical (unpaired) electrons. The topological polar surface area (TPSA) is 140 Å². The first-order valence-electron chi connectivity index (χ1n) is 9.28. The Labute approximate surface area is 168 Å². The van der Waals surface area contributed by atoms with Gasteiger partial charge in [-0.05, 0) is 39.3 Å². The molecule has 3 rings (SSSR count). The number of aromatic nitrogens is 3. The monoisotopic (exact) mass is 396 g/mol. The molecule has 0 aliphatic carbocycles. The predicted molar refractivity (Wildman–Crippen MR) is 110 cm³/mol. The molecule has 0 unspecified atom stereocenters. The summed E-state index contributed by atoms with van der Waals surface area (Å²) >= 11 is 0. The number of primary amides is 1. The van der Waals surface area contributed by atoms with Crippen molar-refractivity contribution in [2.24, 2.45) is 5.73 Å². The maximum absolute atomic E-state index is 12.7. The first kappa shape index (κ1) is 20.1. The van der Waals surface area contributed by atoms with E-state index < -0.39 is 5.91 Å². The molecule has 0 bridgehead atoms. The fourth-order valence-corrected chi connectivity index (χ4v) is 3.48. The van der Waals surface area contributed by atoms with Crippen molar-refractivity contribution in [3.8, 4) is 11.4 Å². The number of amides is 2. The summed E-state index contributed by atoms with van der Waals surface area (Å²) in [7, 11) is 0. The number of carbonyl (C=O) groups excluding carboxylic acids is 2. The molecular weight excluding hydrogens is 372 g/mol. The van der Waals surface area contributed by atoms with Gasteiger partial charge < -0.3 is 21.5 Å². The Balaban J connectivity index is 2.35. The second-order valence-corrected chi connectivity index (χ2v) is 6.74. The van der Waals surface area contributed by atoms with Gasteiger partial charge in [-0.15, -0.1) is 0 Å². The maximum Gasteiger partial charge on any atom is 0.274 e. The van der Waals surface area contributed by atoms with Crippen LogP contribution in [0.3, 0.4) is 0 Å². The third-order valence-corrected chi connectivity index (χ3v) is 5.04. The van der Waals surface area contributed by atoms with Crippen LogP contribution >= 0.6 is 0 Å². The predicted octanol–water partition coefficient (Wildman–Crippen LogP) is 1.91. The molecule has 0 atom stereocenters.